The summed E-state index contributed by atoms with van der Waals surface area (Å²) in [5.74, 6) is -0.755. The number of phenolic OH excluding ortho intramolecular Hbond substituents is 2. The number of benzene rings is 2. The summed E-state index contributed by atoms with van der Waals surface area (Å²) >= 11 is 0. The molecule has 0 aliphatic carbocycles. The molecule has 0 radical (unpaired) electrons. The van der Waals surface area contributed by atoms with Crippen LogP contribution in [-0.4, -0.2) is 21.3 Å². The lowest BCUT2D eigenvalue weighted by molar-refractivity contribution is -0.137. The Morgan fingerprint density at radius 2 is 1.14 bits per heavy atom. The van der Waals surface area contributed by atoms with Gasteiger partial charge in [-0.1, -0.05) is 65.8 Å². The molecule has 0 aromatic heterocycles. The first-order valence-electron chi connectivity index (χ1n) is 10.0. The molecular formula is C25H34O4. The van der Waals surface area contributed by atoms with Crippen molar-refractivity contribution in [2.45, 2.75) is 78.6 Å². The van der Waals surface area contributed by atoms with Crippen molar-refractivity contribution < 1.29 is 20.1 Å². The quantitative estimate of drug-likeness (QED) is 0.598. The molecule has 0 amide bonds. The Morgan fingerprint density at radius 1 is 0.793 bits per heavy atom. The molecule has 29 heavy (non-hydrogen) atoms. The third-order valence-electron chi connectivity index (χ3n) is 5.45. The molecule has 0 aliphatic rings. The van der Waals surface area contributed by atoms with Crippen molar-refractivity contribution in [2.75, 3.05) is 0 Å². The van der Waals surface area contributed by atoms with Crippen molar-refractivity contribution in [3.63, 3.8) is 0 Å². The Morgan fingerprint density at radius 3 is 1.41 bits per heavy atom. The third-order valence-corrected chi connectivity index (χ3v) is 5.45. The molecule has 0 saturated heterocycles. The van der Waals surface area contributed by atoms with E-state index in [1.54, 1.807) is 0 Å². The summed E-state index contributed by atoms with van der Waals surface area (Å²) in [5.41, 5.74) is 4.22. The van der Waals surface area contributed by atoms with Crippen LogP contribution >= 0.6 is 0 Å². The van der Waals surface area contributed by atoms with Crippen LogP contribution in [0, 0.1) is 13.8 Å². The fraction of sp³-hybridized carbons (Fsp3) is 0.480. The molecule has 0 spiro atoms. The van der Waals surface area contributed by atoms with Crippen LogP contribution in [0.2, 0.25) is 0 Å². The Hall–Kier alpha value is -2.49. The van der Waals surface area contributed by atoms with E-state index in [2.05, 4.69) is 0 Å². The van der Waals surface area contributed by atoms with E-state index in [0.29, 0.717) is 0 Å². The third kappa shape index (κ3) is 4.92. The summed E-state index contributed by atoms with van der Waals surface area (Å²) in [5, 5.41) is 30.8. The topological polar surface area (TPSA) is 77.8 Å². The van der Waals surface area contributed by atoms with E-state index in [1.807, 2.05) is 79.7 Å². The van der Waals surface area contributed by atoms with E-state index < -0.39 is 5.97 Å². The zero-order valence-corrected chi connectivity index (χ0v) is 18.8. The number of rotatable bonds is 4. The summed E-state index contributed by atoms with van der Waals surface area (Å²) in [6.07, 6.45) is -0.0679. The van der Waals surface area contributed by atoms with Gasteiger partial charge in [0.25, 0.3) is 0 Å². The molecule has 158 valence electrons. The van der Waals surface area contributed by atoms with Crippen LogP contribution in [0.4, 0.5) is 0 Å². The van der Waals surface area contributed by atoms with Gasteiger partial charge in [0, 0.05) is 5.92 Å². The van der Waals surface area contributed by atoms with Crippen LogP contribution in [-0.2, 0) is 15.6 Å². The number of aryl methyl sites for hydroxylation is 2. The first kappa shape index (κ1) is 22.8. The second-order valence-corrected chi connectivity index (χ2v) is 10.1. The van der Waals surface area contributed by atoms with E-state index in [1.165, 1.54) is 0 Å². The molecule has 0 aliphatic heterocycles. The maximum absolute atomic E-state index is 11.7. The average Bonchev–Trinajstić information content (AvgIpc) is 2.55. The number of carboxylic acids is 1. The summed E-state index contributed by atoms with van der Waals surface area (Å²) in [7, 11) is 0. The maximum atomic E-state index is 11.7. The minimum Gasteiger partial charge on any atom is -0.507 e. The fourth-order valence-corrected chi connectivity index (χ4v) is 3.76. The number of aliphatic carboxylic acids is 1. The maximum Gasteiger partial charge on any atom is 0.304 e. The summed E-state index contributed by atoms with van der Waals surface area (Å²) in [6, 6.07) is 7.60. The predicted octanol–water partition coefficient (Wildman–Crippen LogP) is 5.92. The normalized spacial score (nSPS) is 12.4. The van der Waals surface area contributed by atoms with Gasteiger partial charge in [0.15, 0.2) is 0 Å². The predicted molar refractivity (Wildman–Crippen MR) is 117 cm³/mol. The van der Waals surface area contributed by atoms with E-state index in [9.17, 15) is 20.1 Å². The van der Waals surface area contributed by atoms with Crippen molar-refractivity contribution >= 4 is 5.97 Å². The van der Waals surface area contributed by atoms with Gasteiger partial charge in [-0.05, 0) is 58.1 Å². The highest BCUT2D eigenvalue weighted by molar-refractivity contribution is 5.69. The van der Waals surface area contributed by atoms with Gasteiger partial charge >= 0.3 is 5.97 Å². The second-order valence-electron chi connectivity index (χ2n) is 10.1. The molecular weight excluding hydrogens is 364 g/mol. The van der Waals surface area contributed by atoms with E-state index in [0.717, 1.165) is 33.4 Å². The van der Waals surface area contributed by atoms with Gasteiger partial charge in [-0.15, -0.1) is 0 Å². The van der Waals surface area contributed by atoms with Crippen molar-refractivity contribution in [1.29, 1.82) is 0 Å². The lowest BCUT2D eigenvalue weighted by Gasteiger charge is -2.27. The number of hydrogen-bond donors (Lipinski definition) is 3. The van der Waals surface area contributed by atoms with Gasteiger partial charge in [0.1, 0.15) is 11.5 Å². The molecule has 0 bridgehead atoms. The molecule has 4 heteroatoms. The van der Waals surface area contributed by atoms with Crippen LogP contribution in [0.25, 0.3) is 0 Å². The summed E-state index contributed by atoms with van der Waals surface area (Å²) in [6.45, 7) is 15.8. The SMILES string of the molecule is Cc1cc(C(CC(=O)O)c2cc(C)c(O)c(C(C)(C)C)c2)cc(C(C)(C)C)c1O. The lowest BCUT2D eigenvalue weighted by atomic mass is 9.78. The summed E-state index contributed by atoms with van der Waals surface area (Å²) < 4.78 is 0. The zero-order chi connectivity index (χ0) is 22.3. The van der Waals surface area contributed by atoms with E-state index in [4.69, 9.17) is 0 Å². The fourth-order valence-electron chi connectivity index (χ4n) is 3.76. The molecule has 3 N–H and O–H groups in total. The molecule has 0 fully saturated rings. The Kier molecular flexibility index (Phi) is 6.08. The molecule has 2 aromatic rings. The molecule has 4 nitrogen and oxygen atoms in total. The summed E-state index contributed by atoms with van der Waals surface area (Å²) in [4.78, 5) is 11.7. The highest BCUT2D eigenvalue weighted by atomic mass is 16.4. The van der Waals surface area contributed by atoms with Gasteiger partial charge in [-0.2, -0.15) is 0 Å². The van der Waals surface area contributed by atoms with Crippen molar-refractivity contribution in [3.8, 4) is 11.5 Å². The molecule has 0 atom stereocenters. The van der Waals surface area contributed by atoms with Crippen LogP contribution < -0.4 is 0 Å². The second kappa shape index (κ2) is 7.74. The van der Waals surface area contributed by atoms with Gasteiger partial charge in [0.05, 0.1) is 6.42 Å². The Balaban J connectivity index is 2.77. The van der Waals surface area contributed by atoms with E-state index in [-0.39, 0.29) is 34.7 Å². The van der Waals surface area contributed by atoms with Crippen molar-refractivity contribution in [1.82, 2.24) is 0 Å². The lowest BCUT2D eigenvalue weighted by Crippen LogP contribution is -2.16. The van der Waals surface area contributed by atoms with Crippen LogP contribution in [0.3, 0.4) is 0 Å². The molecule has 0 saturated carbocycles. The van der Waals surface area contributed by atoms with Gasteiger partial charge in [-0.25, -0.2) is 0 Å². The Bertz CT molecular complexity index is 858. The van der Waals surface area contributed by atoms with Crippen molar-refractivity contribution in [3.05, 3.63) is 57.6 Å². The van der Waals surface area contributed by atoms with Crippen LogP contribution in [0.15, 0.2) is 24.3 Å². The first-order valence-corrected chi connectivity index (χ1v) is 10.0. The number of phenols is 2. The van der Waals surface area contributed by atoms with E-state index >= 15 is 0 Å². The highest BCUT2D eigenvalue weighted by Gasteiger charge is 2.27. The molecule has 0 unspecified atom stereocenters. The Labute approximate surface area is 174 Å². The van der Waals surface area contributed by atoms with Crippen LogP contribution in [0.5, 0.6) is 11.5 Å². The number of hydrogen-bond acceptors (Lipinski definition) is 3. The number of carboxylic acid groups (broad SMARTS) is 1. The van der Waals surface area contributed by atoms with Crippen LogP contribution in [0.1, 0.15) is 87.3 Å². The largest absolute Gasteiger partial charge is 0.507 e. The van der Waals surface area contributed by atoms with Gasteiger partial charge < -0.3 is 15.3 Å². The minimum absolute atomic E-state index is 0.0679. The highest BCUT2D eigenvalue weighted by Crippen LogP contribution is 2.41. The minimum atomic E-state index is -0.888. The van der Waals surface area contributed by atoms with Gasteiger partial charge in [-0.3, -0.25) is 4.79 Å². The molecule has 0 heterocycles. The smallest absolute Gasteiger partial charge is 0.304 e. The van der Waals surface area contributed by atoms with Gasteiger partial charge in [0.2, 0.25) is 0 Å². The number of carbonyl (C=O) groups is 1. The molecule has 2 aromatic carbocycles. The zero-order valence-electron chi connectivity index (χ0n) is 18.8. The standard InChI is InChI=1S/C25H34O4/c1-14-9-16(11-19(22(14)28)24(3,4)5)18(13-21(26)27)17-10-15(2)23(29)20(12-17)25(6,7)8/h9-12,18,28-29H,13H2,1-8H3,(H,26,27). The first-order chi connectivity index (χ1) is 13.1. The average molecular weight is 399 g/mol. The molecule has 2 rings (SSSR count). The van der Waals surface area contributed by atoms with Crippen molar-refractivity contribution in [2.24, 2.45) is 0 Å². The monoisotopic (exact) mass is 398 g/mol. The number of aromatic hydroxyl groups is 2.